The van der Waals surface area contributed by atoms with Crippen LogP contribution < -0.4 is 5.32 Å². The van der Waals surface area contributed by atoms with Crippen LogP contribution in [0, 0.1) is 0 Å². The van der Waals surface area contributed by atoms with Crippen molar-refractivity contribution in [3.05, 3.63) is 77.8 Å². The van der Waals surface area contributed by atoms with Crippen molar-refractivity contribution in [3.63, 3.8) is 0 Å². The van der Waals surface area contributed by atoms with Gasteiger partial charge in [0.05, 0.1) is 31.0 Å². The van der Waals surface area contributed by atoms with Crippen molar-refractivity contribution < 1.29 is 19.1 Å². The predicted octanol–water partition coefficient (Wildman–Crippen LogP) is 3.09. The summed E-state index contributed by atoms with van der Waals surface area (Å²) in [5, 5.41) is 13.4. The lowest BCUT2D eigenvalue weighted by atomic mass is 10.0. The quantitative estimate of drug-likeness (QED) is 0.462. The van der Waals surface area contributed by atoms with Crippen molar-refractivity contribution in [1.82, 2.24) is 15.2 Å². The number of nitrogens with one attached hydrogen (secondary N) is 1. The first kappa shape index (κ1) is 20.1. The van der Waals surface area contributed by atoms with E-state index in [0.29, 0.717) is 28.7 Å². The van der Waals surface area contributed by atoms with Crippen molar-refractivity contribution in [3.8, 4) is 11.3 Å². The maximum atomic E-state index is 11.6. The van der Waals surface area contributed by atoms with Crippen molar-refractivity contribution >= 4 is 23.3 Å². The lowest BCUT2D eigenvalue weighted by Gasteiger charge is -2.25. The van der Waals surface area contributed by atoms with Crippen LogP contribution in [0.15, 0.2) is 65.2 Å². The van der Waals surface area contributed by atoms with E-state index in [1.165, 1.54) is 7.11 Å². The van der Waals surface area contributed by atoms with Crippen molar-refractivity contribution in [2.24, 2.45) is 0 Å². The number of carbonyl (C=O) groups is 1. The fraction of sp³-hybridized carbons (Fsp3) is 0.227. The molecule has 0 amide bonds. The van der Waals surface area contributed by atoms with Gasteiger partial charge in [-0.05, 0) is 48.6 Å². The molecule has 2 aromatic heterocycles. The largest absolute Gasteiger partial charge is 0.465 e. The fourth-order valence-electron chi connectivity index (χ4n) is 3.62. The average Bonchev–Trinajstić information content (AvgIpc) is 3.39. The highest BCUT2D eigenvalue weighted by Crippen LogP contribution is 2.40. The second-order valence-electron chi connectivity index (χ2n) is 6.81. The highest BCUT2D eigenvalue weighted by Gasteiger charge is 2.41. The summed E-state index contributed by atoms with van der Waals surface area (Å²) in [6, 6.07) is 16.1. The molecule has 1 fully saturated rings. The maximum absolute atomic E-state index is 11.6. The molecule has 0 bridgehead atoms. The first-order valence-electron chi connectivity index (χ1n) is 9.50. The molecule has 154 valence electrons. The molecule has 3 heterocycles. The number of esters is 1. The Hall–Kier alpha value is -3.23. The van der Waals surface area contributed by atoms with Crippen LogP contribution in [-0.2, 0) is 4.74 Å². The molecule has 1 saturated heterocycles. The third-order valence-electron chi connectivity index (χ3n) is 5.05. The summed E-state index contributed by atoms with van der Waals surface area (Å²) < 4.78 is 10.9. The van der Waals surface area contributed by atoms with Crippen LogP contribution in [0.2, 0.25) is 0 Å². The van der Waals surface area contributed by atoms with Crippen LogP contribution in [0.4, 0.5) is 0 Å². The second-order valence-corrected chi connectivity index (χ2v) is 7.20. The Kier molecular flexibility index (Phi) is 5.78. The topological polar surface area (TPSA) is 87.8 Å². The Morgan fingerprint density at radius 3 is 2.70 bits per heavy atom. The number of furan rings is 1. The van der Waals surface area contributed by atoms with Gasteiger partial charge in [0, 0.05) is 18.3 Å². The zero-order chi connectivity index (χ0) is 21.1. The number of carbonyl (C=O) groups excluding carboxylic acids is 1. The number of benzene rings is 1. The molecule has 8 heteroatoms. The van der Waals surface area contributed by atoms with Crippen LogP contribution in [0.3, 0.4) is 0 Å². The number of ether oxygens (including phenoxy) is 1. The third kappa shape index (κ3) is 3.79. The van der Waals surface area contributed by atoms with Gasteiger partial charge in [-0.25, -0.2) is 4.79 Å². The summed E-state index contributed by atoms with van der Waals surface area (Å²) in [6.07, 6.45) is 1.74. The Morgan fingerprint density at radius 2 is 2.03 bits per heavy atom. The summed E-state index contributed by atoms with van der Waals surface area (Å²) >= 11 is 5.50. The van der Waals surface area contributed by atoms with Gasteiger partial charge >= 0.3 is 5.97 Å². The number of aliphatic hydroxyl groups excluding tert-OH is 1. The summed E-state index contributed by atoms with van der Waals surface area (Å²) in [4.78, 5) is 18.0. The SMILES string of the molecule is COC(=O)c1ccc(-c2ccc(C3C(c4ccccn4)NC(=S)N3CCO)o2)cc1. The molecule has 0 saturated carbocycles. The molecule has 4 rings (SSSR count). The number of aliphatic hydroxyl groups is 1. The molecule has 0 spiro atoms. The standard InChI is InChI=1S/C22H21N3O4S/c1-28-21(27)15-7-5-14(6-8-15)17-9-10-18(29-17)20-19(16-4-2-3-11-23-16)24-22(30)25(20)12-13-26/h2-11,19-20,26H,12-13H2,1H3,(H,24,30). The number of pyridine rings is 1. The number of thiocarbonyl (C=S) groups is 1. The Bertz CT molecular complexity index is 1040. The minimum Gasteiger partial charge on any atom is -0.465 e. The highest BCUT2D eigenvalue weighted by atomic mass is 32.1. The van der Waals surface area contributed by atoms with Gasteiger partial charge in [-0.15, -0.1) is 0 Å². The number of rotatable bonds is 6. The van der Waals surface area contributed by atoms with Gasteiger partial charge in [-0.1, -0.05) is 18.2 Å². The average molecular weight is 423 g/mol. The number of aromatic nitrogens is 1. The molecule has 30 heavy (non-hydrogen) atoms. The van der Waals surface area contributed by atoms with E-state index in [1.54, 1.807) is 18.3 Å². The Balaban J connectivity index is 1.66. The molecule has 2 N–H and O–H groups in total. The highest BCUT2D eigenvalue weighted by molar-refractivity contribution is 7.80. The first-order chi connectivity index (χ1) is 14.6. The molecule has 0 radical (unpaired) electrons. The first-order valence-corrected chi connectivity index (χ1v) is 9.90. The minimum absolute atomic E-state index is 0.0319. The van der Waals surface area contributed by atoms with E-state index in [9.17, 15) is 9.90 Å². The number of nitrogens with zero attached hydrogens (tertiary/aromatic N) is 2. The van der Waals surface area contributed by atoms with Gasteiger partial charge in [0.25, 0.3) is 0 Å². The van der Waals surface area contributed by atoms with E-state index in [4.69, 9.17) is 21.4 Å². The normalized spacial score (nSPS) is 18.3. The van der Waals surface area contributed by atoms with E-state index in [0.717, 1.165) is 11.3 Å². The number of hydrogen-bond acceptors (Lipinski definition) is 6. The molecule has 7 nitrogen and oxygen atoms in total. The van der Waals surface area contributed by atoms with Crippen molar-refractivity contribution in [1.29, 1.82) is 0 Å². The number of β-amino-alcohol motifs (C(OH)–C–C–N with tert-alkyl or cyclic N) is 1. The van der Waals surface area contributed by atoms with E-state index in [1.807, 2.05) is 47.4 Å². The van der Waals surface area contributed by atoms with Crippen LogP contribution in [-0.4, -0.2) is 46.3 Å². The van der Waals surface area contributed by atoms with Gasteiger partial charge in [0.2, 0.25) is 0 Å². The summed E-state index contributed by atoms with van der Waals surface area (Å²) in [7, 11) is 1.35. The van der Waals surface area contributed by atoms with Crippen LogP contribution in [0.5, 0.6) is 0 Å². The summed E-state index contributed by atoms with van der Waals surface area (Å²) in [5.74, 6) is 0.992. The Labute approximate surface area is 179 Å². The van der Waals surface area contributed by atoms with Gasteiger partial charge in [0.15, 0.2) is 5.11 Å². The maximum Gasteiger partial charge on any atom is 0.337 e. The molecule has 2 atom stereocenters. The molecular weight excluding hydrogens is 402 g/mol. The van der Waals surface area contributed by atoms with Crippen LogP contribution >= 0.6 is 12.2 Å². The van der Waals surface area contributed by atoms with Gasteiger partial charge in [0.1, 0.15) is 17.6 Å². The lowest BCUT2D eigenvalue weighted by Crippen LogP contribution is -2.32. The summed E-state index contributed by atoms with van der Waals surface area (Å²) in [6.45, 7) is 0.347. The molecular formula is C22H21N3O4S. The van der Waals surface area contributed by atoms with Crippen molar-refractivity contribution in [2.75, 3.05) is 20.3 Å². The van der Waals surface area contributed by atoms with Gasteiger partial charge in [-0.3, -0.25) is 4.98 Å². The predicted molar refractivity (Wildman–Crippen MR) is 115 cm³/mol. The zero-order valence-corrected chi connectivity index (χ0v) is 17.1. The van der Waals surface area contributed by atoms with E-state index in [2.05, 4.69) is 10.3 Å². The van der Waals surface area contributed by atoms with E-state index in [-0.39, 0.29) is 24.7 Å². The third-order valence-corrected chi connectivity index (χ3v) is 5.40. The Morgan fingerprint density at radius 1 is 1.23 bits per heavy atom. The number of hydrogen-bond donors (Lipinski definition) is 2. The smallest absolute Gasteiger partial charge is 0.337 e. The molecule has 0 aliphatic carbocycles. The molecule has 1 aromatic carbocycles. The van der Waals surface area contributed by atoms with Gasteiger partial charge < -0.3 is 24.5 Å². The fourth-order valence-corrected chi connectivity index (χ4v) is 3.95. The second kappa shape index (κ2) is 8.64. The monoisotopic (exact) mass is 423 g/mol. The lowest BCUT2D eigenvalue weighted by molar-refractivity contribution is 0.0600. The molecule has 1 aliphatic rings. The van der Waals surface area contributed by atoms with Crippen LogP contribution in [0.1, 0.15) is 33.9 Å². The minimum atomic E-state index is -0.384. The van der Waals surface area contributed by atoms with E-state index >= 15 is 0 Å². The summed E-state index contributed by atoms with van der Waals surface area (Å²) in [5.41, 5.74) is 2.15. The number of methoxy groups -OCH3 is 1. The van der Waals surface area contributed by atoms with E-state index < -0.39 is 0 Å². The van der Waals surface area contributed by atoms with Crippen molar-refractivity contribution in [2.45, 2.75) is 12.1 Å². The van der Waals surface area contributed by atoms with Gasteiger partial charge in [-0.2, -0.15) is 0 Å². The molecule has 3 aromatic rings. The molecule has 2 unspecified atom stereocenters. The molecule has 1 aliphatic heterocycles. The van der Waals surface area contributed by atoms with Crippen LogP contribution in [0.25, 0.3) is 11.3 Å². The zero-order valence-electron chi connectivity index (χ0n) is 16.3.